The summed E-state index contributed by atoms with van der Waals surface area (Å²) in [7, 11) is 4.06. The number of hydrogen-bond donors (Lipinski definition) is 2. The topological polar surface area (TPSA) is 39.7 Å². The van der Waals surface area contributed by atoms with Gasteiger partial charge < -0.3 is 15.5 Å². The van der Waals surface area contributed by atoms with Crippen LogP contribution < -0.4 is 10.6 Å². The van der Waals surface area contributed by atoms with Crippen molar-refractivity contribution in [1.82, 2.24) is 15.5 Å². The van der Waals surface area contributed by atoms with Gasteiger partial charge >= 0.3 is 0 Å². The summed E-state index contributed by atoms with van der Waals surface area (Å²) >= 11 is 0. The van der Waals surface area contributed by atoms with Gasteiger partial charge in [-0.15, -0.1) is 24.0 Å². The van der Waals surface area contributed by atoms with Gasteiger partial charge in [-0.3, -0.25) is 4.99 Å². The lowest BCUT2D eigenvalue weighted by Crippen LogP contribution is -2.46. The van der Waals surface area contributed by atoms with Crippen molar-refractivity contribution in [2.75, 3.05) is 27.2 Å². The number of nitrogens with one attached hydrogen (secondary N) is 2. The second kappa shape index (κ2) is 11.6. The first-order chi connectivity index (χ1) is 9.17. The minimum Gasteiger partial charge on any atom is -0.355 e. The molecule has 1 fully saturated rings. The van der Waals surface area contributed by atoms with Gasteiger partial charge in [-0.2, -0.15) is 0 Å². The summed E-state index contributed by atoms with van der Waals surface area (Å²) in [5, 5.41) is 6.95. The Kier molecular flexibility index (Phi) is 11.6. The molecule has 4 nitrogen and oxygen atoms in total. The van der Waals surface area contributed by atoms with Gasteiger partial charge in [0.15, 0.2) is 5.96 Å². The van der Waals surface area contributed by atoms with E-state index in [0.29, 0.717) is 12.1 Å². The van der Waals surface area contributed by atoms with Crippen LogP contribution in [0.15, 0.2) is 4.99 Å². The maximum Gasteiger partial charge on any atom is 0.191 e. The molecule has 2 unspecified atom stereocenters. The highest BCUT2D eigenvalue weighted by Gasteiger charge is 2.20. The normalized spacial score (nSPS) is 21.4. The molecule has 0 aromatic rings. The fraction of sp³-hybridized carbons (Fsp3) is 0.933. The third-order valence-electron chi connectivity index (χ3n) is 4.02. The van der Waals surface area contributed by atoms with E-state index in [2.05, 4.69) is 41.4 Å². The molecule has 1 saturated heterocycles. The van der Waals surface area contributed by atoms with E-state index in [-0.39, 0.29) is 24.0 Å². The number of rotatable bonds is 7. The van der Waals surface area contributed by atoms with E-state index in [1.807, 2.05) is 7.05 Å². The predicted octanol–water partition coefficient (Wildman–Crippen LogP) is 2.83. The summed E-state index contributed by atoms with van der Waals surface area (Å²) < 4.78 is 0. The fourth-order valence-corrected chi connectivity index (χ4v) is 2.65. The predicted molar refractivity (Wildman–Crippen MR) is 99.2 cm³/mol. The SMILES string of the molecule is CCCCCC(C)NC(=NC)NCC1CCCN1C.I. The molecular weight excluding hydrogens is 363 g/mol. The van der Waals surface area contributed by atoms with Gasteiger partial charge in [-0.1, -0.05) is 26.2 Å². The zero-order valence-electron chi connectivity index (χ0n) is 13.6. The summed E-state index contributed by atoms with van der Waals surface area (Å²) in [5.41, 5.74) is 0. The summed E-state index contributed by atoms with van der Waals surface area (Å²) in [6.45, 7) is 6.71. The molecular formula is C15H33IN4. The molecule has 0 saturated carbocycles. The average molecular weight is 396 g/mol. The quantitative estimate of drug-likeness (QED) is 0.301. The molecule has 0 aromatic carbocycles. The van der Waals surface area contributed by atoms with Crippen molar-refractivity contribution in [1.29, 1.82) is 0 Å². The van der Waals surface area contributed by atoms with Gasteiger partial charge in [-0.25, -0.2) is 0 Å². The molecule has 0 aromatic heterocycles. The van der Waals surface area contributed by atoms with Crippen molar-refractivity contribution in [3.8, 4) is 0 Å². The number of aliphatic imine (C=N–C) groups is 1. The molecule has 0 aliphatic carbocycles. The van der Waals surface area contributed by atoms with E-state index in [0.717, 1.165) is 12.5 Å². The van der Waals surface area contributed by atoms with Gasteiger partial charge in [0, 0.05) is 25.7 Å². The smallest absolute Gasteiger partial charge is 0.191 e. The van der Waals surface area contributed by atoms with Crippen LogP contribution in [0.25, 0.3) is 0 Å². The first kappa shape index (κ1) is 20.0. The monoisotopic (exact) mass is 396 g/mol. The molecule has 5 heteroatoms. The number of hydrogen-bond acceptors (Lipinski definition) is 2. The molecule has 1 heterocycles. The van der Waals surface area contributed by atoms with Crippen molar-refractivity contribution in [2.45, 2.75) is 64.5 Å². The van der Waals surface area contributed by atoms with Crippen LogP contribution in [0.1, 0.15) is 52.4 Å². The minimum atomic E-state index is 0. The lowest BCUT2D eigenvalue weighted by molar-refractivity contribution is 0.309. The number of guanidine groups is 1. The minimum absolute atomic E-state index is 0. The first-order valence-electron chi connectivity index (χ1n) is 7.84. The number of halogens is 1. The molecule has 120 valence electrons. The van der Waals surface area contributed by atoms with Crippen molar-refractivity contribution in [2.24, 2.45) is 4.99 Å². The third-order valence-corrected chi connectivity index (χ3v) is 4.02. The highest BCUT2D eigenvalue weighted by Crippen LogP contribution is 2.13. The molecule has 2 atom stereocenters. The molecule has 1 aliphatic rings. The van der Waals surface area contributed by atoms with Crippen LogP contribution in [0.2, 0.25) is 0 Å². The third kappa shape index (κ3) is 7.67. The van der Waals surface area contributed by atoms with Crippen LogP contribution in [-0.4, -0.2) is 50.1 Å². The van der Waals surface area contributed by atoms with Crippen LogP contribution in [0, 0.1) is 0 Å². The number of likely N-dealkylation sites (tertiary alicyclic amines) is 1. The van der Waals surface area contributed by atoms with E-state index < -0.39 is 0 Å². The standard InChI is InChI=1S/C15H32N4.HI/c1-5-6-7-9-13(2)18-15(16-3)17-12-14-10-8-11-19(14)4;/h13-14H,5-12H2,1-4H3,(H2,16,17,18);1H. The van der Waals surface area contributed by atoms with E-state index in [4.69, 9.17) is 0 Å². The Morgan fingerprint density at radius 1 is 1.40 bits per heavy atom. The molecule has 2 N–H and O–H groups in total. The van der Waals surface area contributed by atoms with Crippen LogP contribution in [0.4, 0.5) is 0 Å². The molecule has 0 bridgehead atoms. The number of unbranched alkanes of at least 4 members (excludes halogenated alkanes) is 2. The van der Waals surface area contributed by atoms with Crippen LogP contribution in [0.3, 0.4) is 0 Å². The highest BCUT2D eigenvalue weighted by atomic mass is 127. The molecule has 0 amide bonds. The maximum atomic E-state index is 4.32. The van der Waals surface area contributed by atoms with Gasteiger partial charge in [-0.05, 0) is 39.8 Å². The first-order valence-corrected chi connectivity index (χ1v) is 7.84. The number of likely N-dealkylation sites (N-methyl/N-ethyl adjacent to an activating group) is 1. The van der Waals surface area contributed by atoms with Crippen molar-refractivity contribution in [3.05, 3.63) is 0 Å². The Morgan fingerprint density at radius 3 is 2.70 bits per heavy atom. The molecule has 0 spiro atoms. The molecule has 1 rings (SSSR count). The van der Waals surface area contributed by atoms with Gasteiger partial charge in [0.1, 0.15) is 0 Å². The Bertz CT molecular complexity index is 271. The fourth-order valence-electron chi connectivity index (χ4n) is 2.65. The van der Waals surface area contributed by atoms with Crippen molar-refractivity contribution < 1.29 is 0 Å². The van der Waals surface area contributed by atoms with E-state index in [1.165, 1.54) is 45.1 Å². The highest BCUT2D eigenvalue weighted by molar-refractivity contribution is 14.0. The average Bonchev–Trinajstić information content (AvgIpc) is 2.80. The maximum absolute atomic E-state index is 4.32. The summed E-state index contributed by atoms with van der Waals surface area (Å²) in [6.07, 6.45) is 7.75. The largest absolute Gasteiger partial charge is 0.355 e. The van der Waals surface area contributed by atoms with Crippen molar-refractivity contribution >= 4 is 29.9 Å². The Hall–Kier alpha value is -0.0400. The van der Waals surface area contributed by atoms with Crippen molar-refractivity contribution in [3.63, 3.8) is 0 Å². The van der Waals surface area contributed by atoms with Gasteiger partial charge in [0.25, 0.3) is 0 Å². The Morgan fingerprint density at radius 2 is 2.15 bits per heavy atom. The van der Waals surface area contributed by atoms with Crippen LogP contribution in [-0.2, 0) is 0 Å². The second-order valence-corrected chi connectivity index (χ2v) is 5.77. The van der Waals surface area contributed by atoms with E-state index >= 15 is 0 Å². The summed E-state index contributed by atoms with van der Waals surface area (Å²) in [4.78, 5) is 6.75. The van der Waals surface area contributed by atoms with E-state index in [1.54, 1.807) is 0 Å². The Labute approximate surface area is 142 Å². The summed E-state index contributed by atoms with van der Waals surface area (Å²) in [6, 6.07) is 1.16. The number of nitrogens with zero attached hydrogens (tertiary/aromatic N) is 2. The zero-order valence-corrected chi connectivity index (χ0v) is 15.9. The Balaban J connectivity index is 0.00000361. The van der Waals surface area contributed by atoms with Gasteiger partial charge in [0.2, 0.25) is 0 Å². The van der Waals surface area contributed by atoms with E-state index in [9.17, 15) is 0 Å². The second-order valence-electron chi connectivity index (χ2n) is 5.77. The molecule has 0 radical (unpaired) electrons. The van der Waals surface area contributed by atoms with Crippen LogP contribution >= 0.6 is 24.0 Å². The van der Waals surface area contributed by atoms with Gasteiger partial charge in [0.05, 0.1) is 0 Å². The lowest BCUT2D eigenvalue weighted by atomic mass is 10.1. The van der Waals surface area contributed by atoms with Crippen LogP contribution in [0.5, 0.6) is 0 Å². The zero-order chi connectivity index (χ0) is 14.1. The molecule has 20 heavy (non-hydrogen) atoms. The lowest BCUT2D eigenvalue weighted by Gasteiger charge is -2.23. The summed E-state index contributed by atoms with van der Waals surface area (Å²) in [5.74, 6) is 0.948. The molecule has 1 aliphatic heterocycles.